The topological polar surface area (TPSA) is 71.3 Å². The van der Waals surface area contributed by atoms with Gasteiger partial charge in [-0.1, -0.05) is 68.4 Å². The lowest BCUT2D eigenvalue weighted by atomic mass is 10.1. The minimum atomic E-state index is -0.603. The molecule has 5 nitrogen and oxygen atoms in total. The number of nitriles is 1. The Labute approximate surface area is 231 Å². The van der Waals surface area contributed by atoms with E-state index >= 15 is 0 Å². The fourth-order valence-corrected chi connectivity index (χ4v) is 4.11. The van der Waals surface area contributed by atoms with E-state index in [-0.39, 0.29) is 17.2 Å². The summed E-state index contributed by atoms with van der Waals surface area (Å²) in [6, 6.07) is 15.1. The summed E-state index contributed by atoms with van der Waals surface area (Å²) in [6.45, 7) is 2.40. The van der Waals surface area contributed by atoms with Crippen LogP contribution in [0.4, 0.5) is 5.69 Å². The molecule has 1 N–H and O–H groups in total. The van der Waals surface area contributed by atoms with Crippen LogP contribution in [0.25, 0.3) is 6.08 Å². The van der Waals surface area contributed by atoms with E-state index < -0.39 is 5.91 Å². The molecule has 3 aromatic rings. The van der Waals surface area contributed by atoms with Gasteiger partial charge in [-0.3, -0.25) is 4.79 Å². The molecule has 0 saturated carbocycles. The van der Waals surface area contributed by atoms with Crippen LogP contribution in [-0.2, 0) is 11.4 Å². The number of benzene rings is 3. The van der Waals surface area contributed by atoms with Crippen molar-refractivity contribution in [2.45, 2.75) is 13.5 Å². The Bertz CT molecular complexity index is 1340. The van der Waals surface area contributed by atoms with E-state index in [0.29, 0.717) is 48.9 Å². The van der Waals surface area contributed by atoms with Gasteiger partial charge in [-0.05, 0) is 61.0 Å². The van der Waals surface area contributed by atoms with Gasteiger partial charge < -0.3 is 14.8 Å². The lowest BCUT2D eigenvalue weighted by Gasteiger charge is -2.15. The maximum absolute atomic E-state index is 12.7. The molecule has 0 saturated heterocycles. The molecule has 180 valence electrons. The Morgan fingerprint density at radius 1 is 1.00 bits per heavy atom. The third kappa shape index (κ3) is 7.30. The maximum Gasteiger partial charge on any atom is 0.266 e. The zero-order valence-corrected chi connectivity index (χ0v) is 22.8. The average molecular weight is 615 g/mol. The molecule has 0 heterocycles. The SMILES string of the molecule is CCOc1cc(/C=C(\C#N)C(=O)Nc2ccc(Cl)c(Cl)c2)c(Br)cc1OCc1ccc(Cl)cc1Cl. The van der Waals surface area contributed by atoms with E-state index in [1.54, 1.807) is 42.5 Å². The van der Waals surface area contributed by atoms with Crippen LogP contribution in [0.2, 0.25) is 20.1 Å². The molecule has 0 atom stereocenters. The zero-order chi connectivity index (χ0) is 25.5. The van der Waals surface area contributed by atoms with E-state index in [9.17, 15) is 10.1 Å². The van der Waals surface area contributed by atoms with Gasteiger partial charge in [0.15, 0.2) is 11.5 Å². The van der Waals surface area contributed by atoms with Crippen LogP contribution in [-0.4, -0.2) is 12.5 Å². The molecular weight excluding hydrogens is 598 g/mol. The maximum atomic E-state index is 12.7. The van der Waals surface area contributed by atoms with Crippen LogP contribution in [0.1, 0.15) is 18.1 Å². The lowest BCUT2D eigenvalue weighted by molar-refractivity contribution is -0.112. The molecule has 0 unspecified atom stereocenters. The molecule has 0 fully saturated rings. The van der Waals surface area contributed by atoms with Crippen LogP contribution in [0, 0.1) is 11.3 Å². The van der Waals surface area contributed by atoms with Crippen LogP contribution >= 0.6 is 62.3 Å². The van der Waals surface area contributed by atoms with Gasteiger partial charge in [0, 0.05) is 25.8 Å². The number of ether oxygens (including phenoxy) is 2. The third-order valence-electron chi connectivity index (χ3n) is 4.60. The van der Waals surface area contributed by atoms with Gasteiger partial charge in [0.25, 0.3) is 5.91 Å². The highest BCUT2D eigenvalue weighted by Crippen LogP contribution is 2.36. The lowest BCUT2D eigenvalue weighted by Crippen LogP contribution is -2.13. The third-order valence-corrected chi connectivity index (χ3v) is 6.62. The number of carbonyl (C=O) groups excluding carboxylic acids is 1. The van der Waals surface area contributed by atoms with Gasteiger partial charge in [0.2, 0.25) is 0 Å². The molecule has 35 heavy (non-hydrogen) atoms. The fraction of sp³-hybridized carbons (Fsp3) is 0.120. The van der Waals surface area contributed by atoms with Crippen molar-refractivity contribution in [2.75, 3.05) is 11.9 Å². The predicted molar refractivity (Wildman–Crippen MR) is 145 cm³/mol. The Morgan fingerprint density at radius 2 is 1.74 bits per heavy atom. The Kier molecular flexibility index (Phi) is 9.73. The van der Waals surface area contributed by atoms with Crippen molar-refractivity contribution in [3.63, 3.8) is 0 Å². The van der Waals surface area contributed by atoms with Crippen molar-refractivity contribution < 1.29 is 14.3 Å². The van der Waals surface area contributed by atoms with Gasteiger partial charge in [-0.2, -0.15) is 5.26 Å². The van der Waals surface area contributed by atoms with Crippen molar-refractivity contribution in [3.8, 4) is 17.6 Å². The Hall–Kier alpha value is -2.40. The molecule has 3 aromatic carbocycles. The summed E-state index contributed by atoms with van der Waals surface area (Å²) >= 11 is 27.6. The van der Waals surface area contributed by atoms with Crippen molar-refractivity contribution in [3.05, 3.63) is 89.8 Å². The molecule has 0 aliphatic rings. The molecule has 0 radical (unpaired) electrons. The predicted octanol–water partition coefficient (Wildman–Crippen LogP) is 8.59. The van der Waals surface area contributed by atoms with E-state index in [1.165, 1.54) is 12.1 Å². The number of hydrogen-bond acceptors (Lipinski definition) is 4. The second-order valence-electron chi connectivity index (χ2n) is 7.03. The summed E-state index contributed by atoms with van der Waals surface area (Å²) in [4.78, 5) is 12.7. The first-order chi connectivity index (χ1) is 16.7. The van der Waals surface area contributed by atoms with Crippen LogP contribution in [0.15, 0.2) is 58.6 Å². The minimum Gasteiger partial charge on any atom is -0.490 e. The minimum absolute atomic E-state index is 0.124. The number of halogens is 5. The summed E-state index contributed by atoms with van der Waals surface area (Å²) in [6.07, 6.45) is 1.44. The zero-order valence-electron chi connectivity index (χ0n) is 18.2. The molecule has 0 aromatic heterocycles. The van der Waals surface area contributed by atoms with Crippen LogP contribution < -0.4 is 14.8 Å². The smallest absolute Gasteiger partial charge is 0.266 e. The van der Waals surface area contributed by atoms with Gasteiger partial charge >= 0.3 is 0 Å². The monoisotopic (exact) mass is 612 g/mol. The number of carbonyl (C=O) groups is 1. The summed E-state index contributed by atoms with van der Waals surface area (Å²) in [7, 11) is 0. The summed E-state index contributed by atoms with van der Waals surface area (Å²) in [5, 5.41) is 13.9. The normalized spacial score (nSPS) is 11.1. The van der Waals surface area contributed by atoms with Gasteiger partial charge in [-0.25, -0.2) is 0 Å². The van der Waals surface area contributed by atoms with Crippen molar-refractivity contribution in [2.24, 2.45) is 0 Å². The van der Waals surface area contributed by atoms with Crippen molar-refractivity contribution in [1.82, 2.24) is 0 Å². The van der Waals surface area contributed by atoms with Gasteiger partial charge in [-0.15, -0.1) is 0 Å². The molecule has 0 spiro atoms. The van der Waals surface area contributed by atoms with Crippen molar-refractivity contribution >= 4 is 80.0 Å². The average Bonchev–Trinajstić information content (AvgIpc) is 2.81. The number of nitrogens with zero attached hydrogens (tertiary/aromatic N) is 1. The molecule has 1 amide bonds. The van der Waals surface area contributed by atoms with E-state index in [1.807, 2.05) is 13.0 Å². The van der Waals surface area contributed by atoms with Gasteiger partial charge in [0.1, 0.15) is 18.2 Å². The van der Waals surface area contributed by atoms with E-state index in [0.717, 1.165) is 5.56 Å². The highest BCUT2D eigenvalue weighted by Gasteiger charge is 2.15. The quantitative estimate of drug-likeness (QED) is 0.204. The molecule has 0 aliphatic carbocycles. The first kappa shape index (κ1) is 27.2. The summed E-state index contributed by atoms with van der Waals surface area (Å²) in [5.41, 5.74) is 1.58. The van der Waals surface area contributed by atoms with Crippen LogP contribution in [0.3, 0.4) is 0 Å². The summed E-state index contributed by atoms with van der Waals surface area (Å²) in [5.74, 6) is 0.295. The molecule has 0 aliphatic heterocycles. The summed E-state index contributed by atoms with van der Waals surface area (Å²) < 4.78 is 12.3. The molecule has 10 heteroatoms. The first-order valence-electron chi connectivity index (χ1n) is 10.1. The number of amides is 1. The fourth-order valence-electron chi connectivity index (χ4n) is 2.91. The second-order valence-corrected chi connectivity index (χ2v) is 9.54. The number of hydrogen-bond donors (Lipinski definition) is 1. The standard InChI is InChI=1S/C25H17BrCl4N2O3/c1-2-34-23-8-15(7-16(12-31)25(33)32-18-5-6-20(28)22(30)10-18)19(26)11-24(23)35-13-14-3-4-17(27)9-21(14)29/h3-11H,2,13H2,1H3,(H,32,33)/b16-7+. The Morgan fingerprint density at radius 3 is 2.40 bits per heavy atom. The molecule has 3 rings (SSSR count). The number of rotatable bonds is 8. The van der Waals surface area contributed by atoms with Gasteiger partial charge in [0.05, 0.1) is 16.7 Å². The number of nitrogens with one attached hydrogen (secondary N) is 1. The largest absolute Gasteiger partial charge is 0.490 e. The highest BCUT2D eigenvalue weighted by molar-refractivity contribution is 9.10. The first-order valence-corrected chi connectivity index (χ1v) is 12.4. The highest BCUT2D eigenvalue weighted by atomic mass is 79.9. The second kappa shape index (κ2) is 12.5. The Balaban J connectivity index is 1.86. The van der Waals surface area contributed by atoms with Crippen LogP contribution in [0.5, 0.6) is 11.5 Å². The van der Waals surface area contributed by atoms with E-state index in [4.69, 9.17) is 55.9 Å². The van der Waals surface area contributed by atoms with Crippen molar-refractivity contribution in [1.29, 1.82) is 5.26 Å². The molecule has 0 bridgehead atoms. The number of anilines is 1. The van der Waals surface area contributed by atoms with E-state index in [2.05, 4.69) is 21.2 Å². The molecular formula is C25H17BrCl4N2O3.